The molecule has 0 bridgehead atoms. The van der Waals surface area contributed by atoms with Gasteiger partial charge in [-0.3, -0.25) is 43.9 Å². The zero-order chi connectivity index (χ0) is 43.2. The first-order chi connectivity index (χ1) is 30.1. The monoisotopic (exact) mass is 893 g/mol. The molecule has 6 amide bonds. The number of amides is 6. The molecule has 3 aliphatic heterocycles. The van der Waals surface area contributed by atoms with Gasteiger partial charge in [0.25, 0.3) is 11.8 Å². The molecule has 8 rings (SSSR count). The number of imide groups is 2. The number of piperazine rings is 1. The maximum absolute atomic E-state index is 13.4. The summed E-state index contributed by atoms with van der Waals surface area (Å²) in [6.45, 7) is 4.15. The Kier molecular flexibility index (Phi) is 13.4. The van der Waals surface area contributed by atoms with Crippen LogP contribution in [0, 0.1) is 0 Å². The summed E-state index contributed by atoms with van der Waals surface area (Å²) in [6.07, 6.45) is 4.34. The van der Waals surface area contributed by atoms with Crippen LogP contribution >= 0.6 is 34.3 Å². The van der Waals surface area contributed by atoms with Crippen molar-refractivity contribution < 1.29 is 28.8 Å². The lowest BCUT2D eigenvalue weighted by atomic mass is 10.0. The van der Waals surface area contributed by atoms with Gasteiger partial charge in [-0.2, -0.15) is 0 Å². The molecule has 15 nitrogen and oxygen atoms in total. The molecule has 5 heterocycles. The van der Waals surface area contributed by atoms with E-state index in [0.29, 0.717) is 24.5 Å². The van der Waals surface area contributed by atoms with Gasteiger partial charge in [0.2, 0.25) is 23.6 Å². The van der Waals surface area contributed by atoms with Crippen LogP contribution in [-0.4, -0.2) is 105 Å². The molecule has 3 aromatic carbocycles. The quantitative estimate of drug-likeness (QED) is 0.0598. The third-order valence-electron chi connectivity index (χ3n) is 11.0. The number of rotatable bonds is 16. The Balaban J connectivity index is 0.698. The first-order valence-electron chi connectivity index (χ1n) is 20.5. The van der Waals surface area contributed by atoms with Gasteiger partial charge in [0.15, 0.2) is 5.13 Å². The van der Waals surface area contributed by atoms with E-state index in [1.165, 1.54) is 28.7 Å². The Morgan fingerprint density at radius 2 is 1.48 bits per heavy atom. The minimum absolute atomic E-state index is 0.00802. The number of benzene rings is 3. The fourth-order valence-electron chi connectivity index (χ4n) is 7.72. The molecule has 0 radical (unpaired) electrons. The van der Waals surface area contributed by atoms with Crippen molar-refractivity contribution in [3.05, 3.63) is 93.6 Å². The van der Waals surface area contributed by atoms with Crippen molar-refractivity contribution in [2.75, 3.05) is 55.2 Å². The number of carbonyl (C=O) groups is 6. The molecule has 5 aromatic rings. The largest absolute Gasteiger partial charge is 0.332 e. The molecule has 4 N–H and O–H groups in total. The summed E-state index contributed by atoms with van der Waals surface area (Å²) >= 11 is 9.04. The summed E-state index contributed by atoms with van der Waals surface area (Å²) in [6, 6.07) is 18.8. The van der Waals surface area contributed by atoms with Crippen molar-refractivity contribution in [1.29, 1.82) is 0 Å². The molecule has 1 atom stereocenters. The molecule has 2 saturated heterocycles. The topological polar surface area (TPSA) is 186 Å². The average Bonchev–Trinajstić information content (AvgIpc) is 4.00. The molecule has 2 aromatic heterocycles. The smallest absolute Gasteiger partial charge is 0.264 e. The Morgan fingerprint density at radius 3 is 2.26 bits per heavy atom. The van der Waals surface area contributed by atoms with Gasteiger partial charge >= 0.3 is 0 Å². The van der Waals surface area contributed by atoms with Crippen LogP contribution in [0.5, 0.6) is 0 Å². The Labute approximate surface area is 370 Å². The second kappa shape index (κ2) is 19.5. The summed E-state index contributed by atoms with van der Waals surface area (Å²) in [4.78, 5) is 91.1. The molecule has 0 aliphatic carbocycles. The molecule has 1 unspecified atom stereocenters. The number of halogens is 1. The maximum atomic E-state index is 13.4. The van der Waals surface area contributed by atoms with E-state index in [-0.39, 0.29) is 48.0 Å². The van der Waals surface area contributed by atoms with E-state index < -0.39 is 29.7 Å². The number of piperidine rings is 1. The van der Waals surface area contributed by atoms with Crippen molar-refractivity contribution in [2.45, 2.75) is 51.0 Å². The van der Waals surface area contributed by atoms with E-state index in [4.69, 9.17) is 21.6 Å². The molecule has 320 valence electrons. The highest BCUT2D eigenvalue weighted by Gasteiger charge is 2.45. The zero-order valence-electron chi connectivity index (χ0n) is 33.7. The fourth-order valence-corrected chi connectivity index (χ4v) is 9.42. The molecule has 2 fully saturated rings. The van der Waals surface area contributed by atoms with E-state index in [1.807, 2.05) is 59.3 Å². The van der Waals surface area contributed by atoms with Crippen LogP contribution in [0.4, 0.5) is 22.2 Å². The van der Waals surface area contributed by atoms with Gasteiger partial charge in [-0.1, -0.05) is 42.6 Å². The molecule has 0 saturated carbocycles. The van der Waals surface area contributed by atoms with E-state index >= 15 is 0 Å². The van der Waals surface area contributed by atoms with E-state index in [1.54, 1.807) is 12.1 Å². The van der Waals surface area contributed by atoms with Crippen LogP contribution in [0.15, 0.2) is 77.5 Å². The van der Waals surface area contributed by atoms with Crippen molar-refractivity contribution in [3.63, 3.8) is 0 Å². The van der Waals surface area contributed by atoms with Crippen molar-refractivity contribution in [2.24, 2.45) is 0 Å². The molecule has 0 spiro atoms. The normalized spacial score (nSPS) is 16.9. The van der Waals surface area contributed by atoms with Crippen LogP contribution in [0.2, 0.25) is 5.02 Å². The van der Waals surface area contributed by atoms with Crippen molar-refractivity contribution in [3.8, 4) is 22.0 Å². The second-order valence-electron chi connectivity index (χ2n) is 15.3. The summed E-state index contributed by atoms with van der Waals surface area (Å²) in [5, 5.41) is 17.6. The van der Waals surface area contributed by atoms with Crippen LogP contribution < -0.4 is 21.3 Å². The lowest BCUT2D eigenvalue weighted by molar-refractivity contribution is -0.136. The third kappa shape index (κ3) is 10.3. The number of nitrogens with zero attached hydrogens (tertiary/aromatic N) is 5. The number of thiazole rings is 2. The van der Waals surface area contributed by atoms with E-state index in [2.05, 4.69) is 31.1 Å². The number of hydrogen-bond donors (Lipinski definition) is 4. The van der Waals surface area contributed by atoms with Crippen LogP contribution in [0.1, 0.15) is 65.7 Å². The van der Waals surface area contributed by atoms with E-state index in [0.717, 1.165) is 88.7 Å². The van der Waals surface area contributed by atoms with Gasteiger partial charge in [0.1, 0.15) is 16.7 Å². The lowest BCUT2D eigenvalue weighted by Crippen LogP contribution is -2.54. The predicted molar refractivity (Wildman–Crippen MR) is 240 cm³/mol. The second-order valence-corrected chi connectivity index (χ2v) is 17.5. The Morgan fingerprint density at radius 1 is 0.758 bits per heavy atom. The minimum atomic E-state index is -1.08. The first kappa shape index (κ1) is 42.8. The Hall–Kier alpha value is -5.85. The molecular weight excluding hydrogens is 850 g/mol. The molecule has 62 heavy (non-hydrogen) atoms. The van der Waals surface area contributed by atoms with Gasteiger partial charge in [-0.15, -0.1) is 22.7 Å². The Bertz CT molecular complexity index is 2480. The fraction of sp³-hybridized carbons (Fsp3) is 0.318. The molecular formula is C44H44ClN9O6S2. The molecule has 3 aliphatic rings. The highest BCUT2D eigenvalue weighted by molar-refractivity contribution is 7.15. The number of carbonyl (C=O) groups excluding carboxylic acids is 6. The molecule has 18 heteroatoms. The van der Waals surface area contributed by atoms with Crippen LogP contribution in [0.3, 0.4) is 0 Å². The highest BCUT2D eigenvalue weighted by atomic mass is 35.5. The van der Waals surface area contributed by atoms with Gasteiger partial charge in [0.05, 0.1) is 29.1 Å². The van der Waals surface area contributed by atoms with E-state index in [9.17, 15) is 28.8 Å². The number of aromatic nitrogens is 2. The predicted octanol–water partition coefficient (Wildman–Crippen LogP) is 6.88. The van der Waals surface area contributed by atoms with Crippen molar-refractivity contribution >= 4 is 91.9 Å². The summed E-state index contributed by atoms with van der Waals surface area (Å²) in [5.41, 5.74) is 4.67. The number of nitrogens with one attached hydrogen (secondary N) is 4. The SMILES string of the molecule is O=C1CCC(N2C(=O)c3cccc(NC(=O)CN4CCN(CCCCCCC(=O)Nc5ccc(-c6csc(-c7csc(Nc8ccc(Cl)cc8)n7)n6)cc5)CC4)c3C2=O)C(=O)N1. The maximum Gasteiger partial charge on any atom is 0.264 e. The number of unbranched alkanes of at least 4 members (excludes halogenated alkanes) is 3. The number of hydrogen-bond acceptors (Lipinski definition) is 13. The highest BCUT2D eigenvalue weighted by Crippen LogP contribution is 2.34. The summed E-state index contributed by atoms with van der Waals surface area (Å²) < 4.78 is 0. The zero-order valence-corrected chi connectivity index (χ0v) is 36.0. The summed E-state index contributed by atoms with van der Waals surface area (Å²) in [7, 11) is 0. The van der Waals surface area contributed by atoms with Crippen LogP contribution in [0.25, 0.3) is 22.0 Å². The van der Waals surface area contributed by atoms with Gasteiger partial charge < -0.3 is 20.9 Å². The van der Waals surface area contributed by atoms with Crippen LogP contribution in [-0.2, 0) is 19.2 Å². The van der Waals surface area contributed by atoms with Gasteiger partial charge in [-0.05, 0) is 74.3 Å². The first-order valence-corrected chi connectivity index (χ1v) is 22.6. The number of fused-ring (bicyclic) bond motifs is 1. The van der Waals surface area contributed by atoms with Crippen molar-refractivity contribution in [1.82, 2.24) is 30.0 Å². The lowest BCUT2D eigenvalue weighted by Gasteiger charge is -2.34. The average molecular weight is 894 g/mol. The van der Waals surface area contributed by atoms with Gasteiger partial charge in [-0.25, -0.2) is 9.97 Å². The summed E-state index contributed by atoms with van der Waals surface area (Å²) in [5.74, 6) is -2.72. The third-order valence-corrected chi connectivity index (χ3v) is 12.9. The standard InChI is InChI=1S/C44H44ClN9O6S2/c45-28-11-15-30(16-12-28)47-44-50-34(26-62-44)41-49-33(25-61-41)27-9-13-29(14-10-27)46-36(55)8-3-1-2-4-19-52-20-22-53(23-21-52)24-38(57)48-32-7-5-6-31-39(32)43(60)54(42(31)59)35-17-18-37(56)51-40(35)58/h5-7,9-16,25-26,35H,1-4,8,17-24H2,(H,46,55)(H,47,50)(H,48,57)(H,51,56,58). The minimum Gasteiger partial charge on any atom is -0.332 e. The number of anilines is 4. The van der Waals surface area contributed by atoms with Gasteiger partial charge in [0, 0.05) is 71.7 Å².